The third kappa shape index (κ3) is 4.41. The van der Waals surface area contributed by atoms with Gasteiger partial charge in [-0.1, -0.05) is 42.5 Å². The van der Waals surface area contributed by atoms with Gasteiger partial charge in [-0.3, -0.25) is 0 Å². The molecule has 0 saturated carbocycles. The number of rotatable bonds is 4. The van der Waals surface area contributed by atoms with Crippen LogP contribution in [0.4, 0.5) is 0 Å². The van der Waals surface area contributed by atoms with Crippen molar-refractivity contribution in [1.29, 1.82) is 5.26 Å². The number of sulfonamides is 1. The normalized spacial score (nSPS) is 14.1. The minimum absolute atomic E-state index is 0.450. The van der Waals surface area contributed by atoms with E-state index >= 15 is 0 Å². The number of fused-ring (bicyclic) bond motifs is 1. The molecule has 3 aromatic carbocycles. The number of nitrogens with zero attached hydrogens (tertiary/aromatic N) is 2. The first-order valence-electron chi connectivity index (χ1n) is 10.4. The van der Waals surface area contributed by atoms with Gasteiger partial charge < -0.3 is 0 Å². The summed E-state index contributed by atoms with van der Waals surface area (Å²) in [4.78, 5) is 0. The minimum Gasteiger partial charge on any atom is -0.212 e. The highest BCUT2D eigenvalue weighted by Gasteiger charge is 2.24. The average molecular weight is 431 g/mol. The maximum absolute atomic E-state index is 12.0. The van der Waals surface area contributed by atoms with Gasteiger partial charge in [0.25, 0.3) is 0 Å². The summed E-state index contributed by atoms with van der Waals surface area (Å²) < 4.78 is 25.5. The number of aryl methyl sites for hydroxylation is 2. The molecule has 4 rings (SSSR count). The minimum atomic E-state index is -3.18. The van der Waals surface area contributed by atoms with Crippen LogP contribution in [-0.4, -0.2) is 25.5 Å². The van der Waals surface area contributed by atoms with Crippen LogP contribution in [0, 0.1) is 25.2 Å². The fraction of sp³-hybridized carbons (Fsp3) is 0.269. The average Bonchev–Trinajstić information content (AvgIpc) is 2.74. The highest BCUT2D eigenvalue weighted by molar-refractivity contribution is 7.88. The standard InChI is InChI=1S/C26H26N2O2S/c1-18-7-8-20(15-26(18)24-10-9-21(16-27)13-19(24)2)14-22-5-4-6-23-17-28(31(3,29)30)12-11-25(22)23/h4-10,13,15H,11-12,14,17H2,1-3H3. The van der Waals surface area contributed by atoms with Crippen molar-refractivity contribution in [2.24, 2.45) is 0 Å². The van der Waals surface area contributed by atoms with Crippen molar-refractivity contribution in [3.63, 3.8) is 0 Å². The molecule has 0 aliphatic carbocycles. The molecule has 1 aliphatic rings. The Morgan fingerprint density at radius 1 is 1.00 bits per heavy atom. The number of nitriles is 1. The van der Waals surface area contributed by atoms with Crippen molar-refractivity contribution < 1.29 is 8.42 Å². The molecule has 0 aromatic heterocycles. The molecule has 0 saturated heterocycles. The monoisotopic (exact) mass is 430 g/mol. The van der Waals surface area contributed by atoms with Gasteiger partial charge >= 0.3 is 0 Å². The molecule has 158 valence electrons. The molecule has 0 atom stereocenters. The van der Waals surface area contributed by atoms with Crippen LogP contribution in [0.3, 0.4) is 0 Å². The first-order chi connectivity index (χ1) is 14.8. The zero-order valence-corrected chi connectivity index (χ0v) is 19.0. The molecule has 0 spiro atoms. The van der Waals surface area contributed by atoms with Gasteiger partial charge in [-0.25, -0.2) is 8.42 Å². The molecule has 4 nitrogen and oxygen atoms in total. The Morgan fingerprint density at radius 2 is 1.81 bits per heavy atom. The third-order valence-electron chi connectivity index (χ3n) is 6.14. The van der Waals surface area contributed by atoms with Gasteiger partial charge in [0.15, 0.2) is 0 Å². The fourth-order valence-electron chi connectivity index (χ4n) is 4.44. The van der Waals surface area contributed by atoms with Crippen LogP contribution < -0.4 is 0 Å². The van der Waals surface area contributed by atoms with Gasteiger partial charge in [0.1, 0.15) is 0 Å². The largest absolute Gasteiger partial charge is 0.212 e. The summed E-state index contributed by atoms with van der Waals surface area (Å²) in [6.45, 7) is 5.14. The van der Waals surface area contributed by atoms with Crippen LogP contribution in [0.2, 0.25) is 0 Å². The van der Waals surface area contributed by atoms with Gasteiger partial charge in [-0.2, -0.15) is 9.57 Å². The van der Waals surface area contributed by atoms with E-state index in [1.165, 1.54) is 34.1 Å². The van der Waals surface area contributed by atoms with E-state index in [2.05, 4.69) is 37.3 Å². The second-order valence-electron chi connectivity index (χ2n) is 8.37. The lowest BCUT2D eigenvalue weighted by Crippen LogP contribution is -2.35. The van der Waals surface area contributed by atoms with E-state index in [1.807, 2.05) is 37.3 Å². The summed E-state index contributed by atoms with van der Waals surface area (Å²) in [7, 11) is -3.18. The van der Waals surface area contributed by atoms with Crippen molar-refractivity contribution in [2.75, 3.05) is 12.8 Å². The van der Waals surface area contributed by atoms with Gasteiger partial charge in [0.05, 0.1) is 17.9 Å². The molecule has 1 heterocycles. The van der Waals surface area contributed by atoms with E-state index < -0.39 is 10.0 Å². The Kier molecular flexibility index (Phi) is 5.70. The van der Waals surface area contributed by atoms with Gasteiger partial charge in [0, 0.05) is 13.1 Å². The lowest BCUT2D eigenvalue weighted by atomic mass is 9.89. The predicted octanol–water partition coefficient (Wildman–Crippen LogP) is 4.75. The summed E-state index contributed by atoms with van der Waals surface area (Å²) in [6, 6.07) is 20.8. The topological polar surface area (TPSA) is 61.2 Å². The smallest absolute Gasteiger partial charge is 0.211 e. The van der Waals surface area contributed by atoms with E-state index in [1.54, 1.807) is 4.31 Å². The summed E-state index contributed by atoms with van der Waals surface area (Å²) in [5, 5.41) is 9.16. The van der Waals surface area contributed by atoms with Crippen LogP contribution in [0.15, 0.2) is 54.6 Å². The fourth-order valence-corrected chi connectivity index (χ4v) is 5.23. The molecule has 0 fully saturated rings. The number of hydrogen-bond acceptors (Lipinski definition) is 3. The Balaban J connectivity index is 1.67. The number of hydrogen-bond donors (Lipinski definition) is 0. The third-order valence-corrected chi connectivity index (χ3v) is 7.39. The lowest BCUT2D eigenvalue weighted by Gasteiger charge is -2.28. The number of benzene rings is 3. The van der Waals surface area contributed by atoms with Crippen LogP contribution in [0.25, 0.3) is 11.1 Å². The van der Waals surface area contributed by atoms with E-state index in [4.69, 9.17) is 5.26 Å². The van der Waals surface area contributed by atoms with Gasteiger partial charge in [0.2, 0.25) is 10.0 Å². The molecule has 31 heavy (non-hydrogen) atoms. The Hall–Kier alpha value is -2.94. The maximum Gasteiger partial charge on any atom is 0.211 e. The van der Waals surface area contributed by atoms with Crippen molar-refractivity contribution >= 4 is 10.0 Å². The summed E-state index contributed by atoms with van der Waals surface area (Å²) >= 11 is 0. The predicted molar refractivity (Wildman–Crippen MR) is 124 cm³/mol. The molecule has 0 radical (unpaired) electrons. The van der Waals surface area contributed by atoms with Crippen LogP contribution in [0.5, 0.6) is 0 Å². The first-order valence-corrected chi connectivity index (χ1v) is 12.3. The van der Waals surface area contributed by atoms with Crippen LogP contribution in [0.1, 0.15) is 38.9 Å². The quantitative estimate of drug-likeness (QED) is 0.600. The second-order valence-corrected chi connectivity index (χ2v) is 10.4. The maximum atomic E-state index is 12.0. The van der Waals surface area contributed by atoms with E-state index in [-0.39, 0.29) is 0 Å². The van der Waals surface area contributed by atoms with Crippen molar-refractivity contribution in [3.8, 4) is 17.2 Å². The zero-order valence-electron chi connectivity index (χ0n) is 18.1. The molecule has 0 amide bonds. The van der Waals surface area contributed by atoms with Crippen LogP contribution in [-0.2, 0) is 29.4 Å². The molecule has 0 N–H and O–H groups in total. The molecule has 0 bridgehead atoms. The Morgan fingerprint density at radius 3 is 2.52 bits per heavy atom. The van der Waals surface area contributed by atoms with Crippen molar-refractivity contribution in [2.45, 2.75) is 33.2 Å². The molecule has 5 heteroatoms. The van der Waals surface area contributed by atoms with E-state index in [0.717, 1.165) is 29.5 Å². The molecule has 3 aromatic rings. The van der Waals surface area contributed by atoms with Crippen LogP contribution >= 0.6 is 0 Å². The summed E-state index contributed by atoms with van der Waals surface area (Å²) in [5.74, 6) is 0. The van der Waals surface area contributed by atoms with Crippen molar-refractivity contribution in [3.05, 3.63) is 93.5 Å². The zero-order chi connectivity index (χ0) is 22.2. The Labute approximate surface area is 184 Å². The second kappa shape index (κ2) is 8.30. The van der Waals surface area contributed by atoms with E-state index in [9.17, 15) is 8.42 Å². The molecular formula is C26H26N2O2S. The highest BCUT2D eigenvalue weighted by Crippen LogP contribution is 2.31. The van der Waals surface area contributed by atoms with Gasteiger partial charge in [-0.15, -0.1) is 0 Å². The molecular weight excluding hydrogens is 404 g/mol. The highest BCUT2D eigenvalue weighted by atomic mass is 32.2. The van der Waals surface area contributed by atoms with Gasteiger partial charge in [-0.05, 0) is 83.3 Å². The molecule has 1 aliphatic heterocycles. The Bertz CT molecular complexity index is 1300. The molecule has 0 unspecified atom stereocenters. The summed E-state index contributed by atoms with van der Waals surface area (Å²) in [5.41, 5.74) is 10.2. The summed E-state index contributed by atoms with van der Waals surface area (Å²) in [6.07, 6.45) is 2.83. The van der Waals surface area contributed by atoms with Crippen molar-refractivity contribution in [1.82, 2.24) is 4.31 Å². The SMILES string of the molecule is Cc1cc(C#N)ccc1-c1cc(Cc2cccc3c2CCN(S(C)(=O)=O)C3)ccc1C. The first kappa shape index (κ1) is 21.3. The van der Waals surface area contributed by atoms with E-state index in [0.29, 0.717) is 18.7 Å². The lowest BCUT2D eigenvalue weighted by molar-refractivity contribution is 0.394.